The maximum Gasteiger partial charge on any atom is 0.370 e. The van der Waals surface area contributed by atoms with E-state index in [1.165, 1.54) is 28.4 Å². The molecule has 0 fully saturated rings. The maximum absolute atomic E-state index is 11.7. The second-order valence-corrected chi connectivity index (χ2v) is 4.39. The summed E-state index contributed by atoms with van der Waals surface area (Å²) in [5.41, 5.74) is 3.89. The summed E-state index contributed by atoms with van der Waals surface area (Å²) < 4.78 is 1.33. The van der Waals surface area contributed by atoms with Gasteiger partial charge in [0.05, 0.1) is 5.52 Å². The molecule has 2 heterocycles. The molecule has 1 aromatic carbocycles. The van der Waals surface area contributed by atoms with Gasteiger partial charge in [-0.3, -0.25) is 0 Å². The van der Waals surface area contributed by atoms with Crippen LogP contribution in [0.25, 0.3) is 16.6 Å². The van der Waals surface area contributed by atoms with E-state index in [-0.39, 0.29) is 5.69 Å². The van der Waals surface area contributed by atoms with Crippen LogP contribution < -0.4 is 5.69 Å². The molecule has 2 aromatic heterocycles. The minimum Gasteiger partial charge on any atom is -0.329 e. The largest absolute Gasteiger partial charge is 0.370 e. The molecule has 0 saturated carbocycles. The zero-order chi connectivity index (χ0) is 11.4. The van der Waals surface area contributed by atoms with Crippen molar-refractivity contribution in [1.82, 2.24) is 19.6 Å². The van der Waals surface area contributed by atoms with Crippen molar-refractivity contribution in [3.63, 3.8) is 0 Å². The number of aromatic amines is 1. The molecule has 0 unspecified atom stereocenters. The highest BCUT2D eigenvalue weighted by atomic mass is 16.1. The Morgan fingerprint density at radius 3 is 3.18 bits per heavy atom. The van der Waals surface area contributed by atoms with Gasteiger partial charge in [-0.1, -0.05) is 6.07 Å². The van der Waals surface area contributed by atoms with Crippen molar-refractivity contribution >= 4 is 16.6 Å². The monoisotopic (exact) mass is 226 g/mol. The van der Waals surface area contributed by atoms with E-state index in [1.807, 2.05) is 6.07 Å². The standard InChI is InChI=1S/C12H10N4O/c17-12-15-9-5-4-7-2-1-3-8(7)10(9)11-13-6-14-16(11)12/h4-6H,1-3H2,(H,13,14). The first kappa shape index (κ1) is 8.92. The Hall–Kier alpha value is -2.17. The first-order valence-electron chi connectivity index (χ1n) is 5.71. The van der Waals surface area contributed by atoms with Crippen LogP contribution in [0.15, 0.2) is 23.3 Å². The van der Waals surface area contributed by atoms with Crippen molar-refractivity contribution in [2.75, 3.05) is 0 Å². The van der Waals surface area contributed by atoms with Crippen LogP contribution in [-0.4, -0.2) is 19.6 Å². The van der Waals surface area contributed by atoms with Crippen LogP contribution in [-0.2, 0) is 12.8 Å². The van der Waals surface area contributed by atoms with Gasteiger partial charge in [0, 0.05) is 5.39 Å². The Labute approximate surface area is 96.1 Å². The molecule has 4 rings (SSSR count). The highest BCUT2D eigenvalue weighted by molar-refractivity contribution is 5.95. The van der Waals surface area contributed by atoms with Crippen LogP contribution in [0, 0.1) is 0 Å². The van der Waals surface area contributed by atoms with Crippen LogP contribution in [0.2, 0.25) is 0 Å². The summed E-state index contributed by atoms with van der Waals surface area (Å²) in [5, 5.41) is 5.03. The molecule has 1 aliphatic rings. The number of fused-ring (bicyclic) bond motifs is 5. The van der Waals surface area contributed by atoms with Crippen molar-refractivity contribution in [3.05, 3.63) is 40.1 Å². The number of nitrogens with zero attached hydrogens (tertiary/aromatic N) is 3. The maximum atomic E-state index is 11.7. The molecule has 5 heteroatoms. The zero-order valence-corrected chi connectivity index (χ0v) is 9.10. The molecule has 0 amide bonds. The average Bonchev–Trinajstić information content (AvgIpc) is 2.96. The number of H-pyrrole nitrogens is 1. The van der Waals surface area contributed by atoms with Gasteiger partial charge in [-0.05, 0) is 36.5 Å². The second kappa shape index (κ2) is 2.94. The van der Waals surface area contributed by atoms with E-state index in [9.17, 15) is 4.79 Å². The van der Waals surface area contributed by atoms with Gasteiger partial charge in [0.25, 0.3) is 0 Å². The Balaban J connectivity index is 2.34. The van der Waals surface area contributed by atoms with E-state index >= 15 is 0 Å². The summed E-state index contributed by atoms with van der Waals surface area (Å²) in [6, 6.07) is 4.02. The molecule has 0 bridgehead atoms. The Kier molecular flexibility index (Phi) is 1.54. The van der Waals surface area contributed by atoms with Crippen molar-refractivity contribution in [1.29, 1.82) is 0 Å². The third-order valence-electron chi connectivity index (χ3n) is 3.48. The molecular weight excluding hydrogens is 216 g/mol. The van der Waals surface area contributed by atoms with Crippen LogP contribution in [0.5, 0.6) is 0 Å². The Morgan fingerprint density at radius 2 is 2.24 bits per heavy atom. The van der Waals surface area contributed by atoms with Crippen LogP contribution in [0.4, 0.5) is 0 Å². The molecule has 0 radical (unpaired) electrons. The lowest BCUT2D eigenvalue weighted by Gasteiger charge is -2.05. The van der Waals surface area contributed by atoms with Crippen molar-refractivity contribution in [2.24, 2.45) is 0 Å². The van der Waals surface area contributed by atoms with E-state index < -0.39 is 0 Å². The van der Waals surface area contributed by atoms with Crippen LogP contribution in [0.3, 0.4) is 0 Å². The molecule has 3 aromatic rings. The summed E-state index contributed by atoms with van der Waals surface area (Å²) >= 11 is 0. The number of aryl methyl sites for hydroxylation is 2. The van der Waals surface area contributed by atoms with Gasteiger partial charge in [0.1, 0.15) is 12.0 Å². The fraction of sp³-hybridized carbons (Fsp3) is 0.250. The number of aromatic nitrogens is 4. The van der Waals surface area contributed by atoms with E-state index in [1.54, 1.807) is 0 Å². The lowest BCUT2D eigenvalue weighted by atomic mass is 10.1. The van der Waals surface area contributed by atoms with Gasteiger partial charge in [-0.25, -0.2) is 4.79 Å². The summed E-state index contributed by atoms with van der Waals surface area (Å²) in [5.74, 6) is 0. The van der Waals surface area contributed by atoms with Crippen molar-refractivity contribution in [3.8, 4) is 0 Å². The van der Waals surface area contributed by atoms with Gasteiger partial charge in [-0.2, -0.15) is 14.6 Å². The van der Waals surface area contributed by atoms with Gasteiger partial charge < -0.3 is 4.98 Å². The second-order valence-electron chi connectivity index (χ2n) is 4.39. The summed E-state index contributed by atoms with van der Waals surface area (Å²) in [6.07, 6.45) is 4.88. The van der Waals surface area contributed by atoms with Crippen molar-refractivity contribution < 1.29 is 0 Å². The minimum absolute atomic E-state index is 0.327. The van der Waals surface area contributed by atoms with E-state index in [0.29, 0.717) is 0 Å². The third kappa shape index (κ3) is 1.06. The number of benzene rings is 1. The first-order valence-corrected chi connectivity index (χ1v) is 5.71. The molecule has 17 heavy (non-hydrogen) atoms. The number of hydrogen-bond acceptors (Lipinski definition) is 3. The van der Waals surface area contributed by atoms with Gasteiger partial charge in [-0.15, -0.1) is 0 Å². The van der Waals surface area contributed by atoms with Crippen LogP contribution in [0.1, 0.15) is 17.5 Å². The SMILES string of the molecule is O=c1nc2ccc3c(c2c2[nH]cnn12)CCC3. The Morgan fingerprint density at radius 1 is 1.29 bits per heavy atom. The van der Waals surface area contributed by atoms with E-state index in [2.05, 4.69) is 21.1 Å². The molecule has 1 N–H and O–H groups in total. The lowest BCUT2D eigenvalue weighted by Crippen LogP contribution is -2.17. The molecule has 0 spiro atoms. The highest BCUT2D eigenvalue weighted by Gasteiger charge is 2.18. The minimum atomic E-state index is -0.327. The van der Waals surface area contributed by atoms with E-state index in [0.717, 1.165) is 29.4 Å². The predicted molar refractivity (Wildman–Crippen MR) is 63.1 cm³/mol. The number of nitrogens with one attached hydrogen (secondary N) is 1. The van der Waals surface area contributed by atoms with E-state index in [4.69, 9.17) is 0 Å². The fourth-order valence-electron chi connectivity index (χ4n) is 2.75. The first-order chi connectivity index (χ1) is 8.34. The molecule has 0 saturated heterocycles. The topological polar surface area (TPSA) is 63.0 Å². The summed E-state index contributed by atoms with van der Waals surface area (Å²) in [6.45, 7) is 0. The van der Waals surface area contributed by atoms with Gasteiger partial charge in [0.15, 0.2) is 0 Å². The van der Waals surface area contributed by atoms with Gasteiger partial charge >= 0.3 is 5.69 Å². The number of rotatable bonds is 0. The molecule has 1 aliphatic carbocycles. The normalized spacial score (nSPS) is 14.6. The summed E-state index contributed by atoms with van der Waals surface area (Å²) in [7, 11) is 0. The molecular formula is C12H10N4O. The molecule has 0 aliphatic heterocycles. The highest BCUT2D eigenvalue weighted by Crippen LogP contribution is 2.30. The van der Waals surface area contributed by atoms with Crippen LogP contribution >= 0.6 is 0 Å². The van der Waals surface area contributed by atoms with Crippen molar-refractivity contribution in [2.45, 2.75) is 19.3 Å². The lowest BCUT2D eigenvalue weighted by molar-refractivity contribution is 0.880. The van der Waals surface area contributed by atoms with Gasteiger partial charge in [0.2, 0.25) is 0 Å². The fourth-order valence-corrected chi connectivity index (χ4v) is 2.75. The smallest absolute Gasteiger partial charge is 0.329 e. The average molecular weight is 226 g/mol. The quantitative estimate of drug-likeness (QED) is 0.623. The molecule has 5 nitrogen and oxygen atoms in total. The molecule has 84 valence electrons. The third-order valence-corrected chi connectivity index (χ3v) is 3.48. The molecule has 0 atom stereocenters. The number of hydrogen-bond donors (Lipinski definition) is 1. The Bertz CT molecular complexity index is 799. The zero-order valence-electron chi connectivity index (χ0n) is 9.10. The predicted octanol–water partition coefficient (Wildman–Crippen LogP) is 1.06. The summed E-state index contributed by atoms with van der Waals surface area (Å²) in [4.78, 5) is 18.8.